The minimum absolute atomic E-state index is 0.192. The number of aromatic hydroxyl groups is 1. The van der Waals surface area contributed by atoms with Crippen molar-refractivity contribution in [1.29, 1.82) is 0 Å². The van der Waals surface area contributed by atoms with E-state index < -0.39 is 0 Å². The molecule has 1 unspecified atom stereocenters. The van der Waals surface area contributed by atoms with Crippen LogP contribution in [0.5, 0.6) is 5.75 Å². The molecule has 0 aliphatic carbocycles. The van der Waals surface area contributed by atoms with Crippen LogP contribution in [-0.4, -0.2) is 30.8 Å². The fraction of sp³-hybridized carbons (Fsp3) is 0.632. The van der Waals surface area contributed by atoms with Gasteiger partial charge in [0, 0.05) is 31.7 Å². The SMILES string of the molecule is Cc1ccc2c(c1O)CCCC(=O)N2CCC1CCCOCC1. The molecule has 0 spiro atoms. The van der Waals surface area contributed by atoms with Crippen molar-refractivity contribution in [3.8, 4) is 5.75 Å². The molecule has 1 atom stereocenters. The quantitative estimate of drug-likeness (QED) is 0.927. The maximum atomic E-state index is 12.5. The lowest BCUT2D eigenvalue weighted by Gasteiger charge is -2.26. The first-order valence-corrected chi connectivity index (χ1v) is 8.86. The van der Waals surface area contributed by atoms with Gasteiger partial charge in [0.15, 0.2) is 0 Å². The molecule has 4 heteroatoms. The van der Waals surface area contributed by atoms with E-state index in [1.165, 1.54) is 6.42 Å². The first kappa shape index (κ1) is 16.3. The number of phenolic OH excluding ortho intramolecular Hbond substituents is 1. The van der Waals surface area contributed by atoms with Crippen molar-refractivity contribution in [3.05, 3.63) is 23.3 Å². The lowest BCUT2D eigenvalue weighted by atomic mass is 9.96. The Morgan fingerprint density at radius 3 is 2.96 bits per heavy atom. The van der Waals surface area contributed by atoms with Crippen LogP contribution in [0.25, 0.3) is 0 Å². The van der Waals surface area contributed by atoms with E-state index in [1.807, 2.05) is 24.0 Å². The molecule has 23 heavy (non-hydrogen) atoms. The molecule has 2 aliphatic rings. The molecule has 1 aromatic carbocycles. The average molecular weight is 317 g/mol. The second kappa shape index (κ2) is 7.35. The highest BCUT2D eigenvalue weighted by Gasteiger charge is 2.25. The Bertz CT molecular complexity index is 562. The number of amides is 1. The van der Waals surface area contributed by atoms with Crippen LogP contribution >= 0.6 is 0 Å². The number of anilines is 1. The van der Waals surface area contributed by atoms with Crippen LogP contribution in [0.3, 0.4) is 0 Å². The molecule has 2 heterocycles. The van der Waals surface area contributed by atoms with Crippen molar-refractivity contribution in [2.24, 2.45) is 5.92 Å². The predicted octanol–water partition coefficient (Wildman–Crippen LogP) is 3.58. The van der Waals surface area contributed by atoms with Crippen LogP contribution in [-0.2, 0) is 16.0 Å². The van der Waals surface area contributed by atoms with Gasteiger partial charge in [0.2, 0.25) is 5.91 Å². The molecule has 1 N–H and O–H groups in total. The highest BCUT2D eigenvalue weighted by Crippen LogP contribution is 2.36. The van der Waals surface area contributed by atoms with E-state index >= 15 is 0 Å². The number of phenols is 1. The Balaban J connectivity index is 1.77. The highest BCUT2D eigenvalue weighted by molar-refractivity contribution is 5.95. The Morgan fingerprint density at radius 2 is 2.09 bits per heavy atom. The molecular formula is C19H27NO3. The number of benzene rings is 1. The number of nitrogens with zero attached hydrogens (tertiary/aromatic N) is 1. The van der Waals surface area contributed by atoms with Gasteiger partial charge in [-0.2, -0.15) is 0 Å². The number of rotatable bonds is 3. The minimum atomic E-state index is 0.192. The molecule has 3 rings (SSSR count). The fourth-order valence-electron chi connectivity index (χ4n) is 3.74. The van der Waals surface area contributed by atoms with Gasteiger partial charge >= 0.3 is 0 Å². The Kier molecular flexibility index (Phi) is 5.21. The van der Waals surface area contributed by atoms with Crippen molar-refractivity contribution in [3.63, 3.8) is 0 Å². The zero-order valence-electron chi connectivity index (χ0n) is 14.0. The Labute approximate surface area is 138 Å². The van der Waals surface area contributed by atoms with Crippen molar-refractivity contribution in [2.75, 3.05) is 24.7 Å². The molecular weight excluding hydrogens is 290 g/mol. The number of ether oxygens (including phenoxy) is 1. The molecule has 1 amide bonds. The van der Waals surface area contributed by atoms with Crippen molar-refractivity contribution < 1.29 is 14.6 Å². The topological polar surface area (TPSA) is 49.8 Å². The zero-order valence-corrected chi connectivity index (χ0v) is 14.0. The Morgan fingerprint density at radius 1 is 1.22 bits per heavy atom. The van der Waals surface area contributed by atoms with Gasteiger partial charge in [0.25, 0.3) is 0 Å². The fourth-order valence-corrected chi connectivity index (χ4v) is 3.74. The monoisotopic (exact) mass is 317 g/mol. The molecule has 0 saturated carbocycles. The lowest BCUT2D eigenvalue weighted by molar-refractivity contribution is -0.118. The van der Waals surface area contributed by atoms with E-state index in [0.29, 0.717) is 18.1 Å². The number of hydrogen-bond donors (Lipinski definition) is 1. The summed E-state index contributed by atoms with van der Waals surface area (Å²) in [7, 11) is 0. The van der Waals surface area contributed by atoms with E-state index in [2.05, 4.69) is 0 Å². The van der Waals surface area contributed by atoms with Crippen LogP contribution < -0.4 is 4.90 Å². The summed E-state index contributed by atoms with van der Waals surface area (Å²) in [6, 6.07) is 3.92. The first-order chi connectivity index (χ1) is 11.2. The summed E-state index contributed by atoms with van der Waals surface area (Å²) in [4.78, 5) is 14.4. The van der Waals surface area contributed by atoms with Gasteiger partial charge in [0.1, 0.15) is 5.75 Å². The van der Waals surface area contributed by atoms with Gasteiger partial charge < -0.3 is 14.7 Å². The van der Waals surface area contributed by atoms with E-state index in [-0.39, 0.29) is 5.91 Å². The number of carbonyl (C=O) groups is 1. The van der Waals surface area contributed by atoms with Crippen LogP contribution in [0.2, 0.25) is 0 Å². The van der Waals surface area contributed by atoms with Crippen molar-refractivity contribution in [1.82, 2.24) is 0 Å². The van der Waals surface area contributed by atoms with Gasteiger partial charge in [-0.25, -0.2) is 0 Å². The molecule has 126 valence electrons. The summed E-state index contributed by atoms with van der Waals surface area (Å²) in [5.74, 6) is 1.19. The number of aryl methyl sites for hydroxylation is 1. The van der Waals surface area contributed by atoms with E-state index in [0.717, 1.165) is 68.7 Å². The smallest absolute Gasteiger partial charge is 0.226 e. The van der Waals surface area contributed by atoms with Gasteiger partial charge in [-0.15, -0.1) is 0 Å². The largest absolute Gasteiger partial charge is 0.507 e. The average Bonchev–Trinajstić information content (AvgIpc) is 2.89. The molecule has 4 nitrogen and oxygen atoms in total. The second-order valence-corrected chi connectivity index (χ2v) is 6.83. The summed E-state index contributed by atoms with van der Waals surface area (Å²) in [6.07, 6.45) is 6.58. The maximum Gasteiger partial charge on any atom is 0.226 e. The van der Waals surface area contributed by atoms with Gasteiger partial charge in [-0.1, -0.05) is 6.07 Å². The zero-order chi connectivity index (χ0) is 16.2. The molecule has 0 aromatic heterocycles. The summed E-state index contributed by atoms with van der Waals surface area (Å²) in [5.41, 5.74) is 2.75. The highest BCUT2D eigenvalue weighted by atomic mass is 16.5. The molecule has 1 fully saturated rings. The van der Waals surface area contributed by atoms with Crippen LogP contribution in [0, 0.1) is 12.8 Å². The van der Waals surface area contributed by atoms with Crippen LogP contribution in [0.1, 0.15) is 49.7 Å². The standard InChI is InChI=1S/C19H27NO3/c1-14-7-8-17-16(19(14)22)5-2-6-18(21)20(17)11-9-15-4-3-12-23-13-10-15/h7-8,15,22H,2-6,9-13H2,1H3. The number of hydrogen-bond acceptors (Lipinski definition) is 3. The number of fused-ring (bicyclic) bond motifs is 1. The third-order valence-corrected chi connectivity index (χ3v) is 5.20. The molecule has 0 bridgehead atoms. The Hall–Kier alpha value is -1.55. The molecule has 0 radical (unpaired) electrons. The van der Waals surface area contributed by atoms with E-state index in [9.17, 15) is 9.90 Å². The van der Waals surface area contributed by atoms with Gasteiger partial charge in [-0.3, -0.25) is 4.79 Å². The normalized spacial score (nSPS) is 22.4. The van der Waals surface area contributed by atoms with Crippen LogP contribution in [0.4, 0.5) is 5.69 Å². The molecule has 1 saturated heterocycles. The predicted molar refractivity (Wildman–Crippen MR) is 90.9 cm³/mol. The van der Waals surface area contributed by atoms with E-state index in [4.69, 9.17) is 4.74 Å². The third kappa shape index (κ3) is 3.69. The number of carbonyl (C=O) groups excluding carboxylic acids is 1. The van der Waals surface area contributed by atoms with Crippen LogP contribution in [0.15, 0.2) is 12.1 Å². The molecule has 2 aliphatic heterocycles. The summed E-state index contributed by atoms with van der Waals surface area (Å²) < 4.78 is 5.53. The third-order valence-electron chi connectivity index (χ3n) is 5.20. The van der Waals surface area contributed by atoms with Gasteiger partial charge in [0.05, 0.1) is 5.69 Å². The molecule has 1 aromatic rings. The van der Waals surface area contributed by atoms with E-state index in [1.54, 1.807) is 0 Å². The maximum absolute atomic E-state index is 12.5. The summed E-state index contributed by atoms with van der Waals surface area (Å²) in [5, 5.41) is 10.4. The van der Waals surface area contributed by atoms with Crippen molar-refractivity contribution in [2.45, 2.75) is 51.9 Å². The minimum Gasteiger partial charge on any atom is -0.507 e. The lowest BCUT2D eigenvalue weighted by Crippen LogP contribution is -2.32. The summed E-state index contributed by atoms with van der Waals surface area (Å²) >= 11 is 0. The van der Waals surface area contributed by atoms with Crippen molar-refractivity contribution >= 4 is 11.6 Å². The summed E-state index contributed by atoms with van der Waals surface area (Å²) in [6.45, 7) is 4.38. The second-order valence-electron chi connectivity index (χ2n) is 6.83. The first-order valence-electron chi connectivity index (χ1n) is 8.86. The van der Waals surface area contributed by atoms with Gasteiger partial charge in [-0.05, 0) is 63.0 Å².